The van der Waals surface area contributed by atoms with E-state index in [1.54, 1.807) is 46.8 Å². The quantitative estimate of drug-likeness (QED) is 0.282. The standard InChI is InChI=1S/C33H33FN4O6S/c1-19-9-11-20(12-10-19)31-30(32(39)35-2)23-15-22(26(17-28(23)44-31)37(4)45(5,41)42)29-18-38(13-14-43-29)33(40)27-16-21-24(34)7-6-8-25(21)36(27)3/h6-12,15-17,29H,13-14,18H2,1-5H3,(H,35,39)/t29-/m1/s1. The molecule has 2 amide bonds. The minimum absolute atomic E-state index is 0.0942. The van der Waals surface area contributed by atoms with Gasteiger partial charge in [-0.2, -0.15) is 0 Å². The number of nitrogens with one attached hydrogen (secondary N) is 1. The number of halogens is 1. The highest BCUT2D eigenvalue weighted by atomic mass is 32.2. The lowest BCUT2D eigenvalue weighted by Gasteiger charge is -2.35. The van der Waals surface area contributed by atoms with Crippen LogP contribution in [-0.4, -0.2) is 69.7 Å². The van der Waals surface area contributed by atoms with Gasteiger partial charge in [0.1, 0.15) is 29.0 Å². The first-order chi connectivity index (χ1) is 21.4. The van der Waals surface area contributed by atoms with Gasteiger partial charge in [-0.3, -0.25) is 13.9 Å². The van der Waals surface area contributed by atoms with E-state index in [1.165, 1.54) is 20.2 Å². The molecule has 1 fully saturated rings. The monoisotopic (exact) mass is 632 g/mol. The van der Waals surface area contributed by atoms with Gasteiger partial charge in [-0.05, 0) is 31.2 Å². The summed E-state index contributed by atoms with van der Waals surface area (Å²) in [6.07, 6.45) is 0.348. The summed E-state index contributed by atoms with van der Waals surface area (Å²) in [5.74, 6) is -0.750. The first-order valence-electron chi connectivity index (χ1n) is 14.4. The summed E-state index contributed by atoms with van der Waals surface area (Å²) in [6.45, 7) is 2.51. The van der Waals surface area contributed by atoms with Crippen LogP contribution in [0.5, 0.6) is 0 Å². The van der Waals surface area contributed by atoms with Crippen LogP contribution in [0.2, 0.25) is 0 Å². The van der Waals surface area contributed by atoms with Crippen LogP contribution in [0.25, 0.3) is 33.2 Å². The maximum absolute atomic E-state index is 14.5. The van der Waals surface area contributed by atoms with Gasteiger partial charge < -0.3 is 23.9 Å². The first kappa shape index (κ1) is 30.4. The number of sulfonamides is 1. The lowest BCUT2D eigenvalue weighted by Crippen LogP contribution is -2.43. The van der Waals surface area contributed by atoms with Crippen molar-refractivity contribution in [2.24, 2.45) is 7.05 Å². The van der Waals surface area contributed by atoms with Gasteiger partial charge in [0.15, 0.2) is 0 Å². The maximum Gasteiger partial charge on any atom is 0.270 e. The molecule has 1 N–H and O–H groups in total. The Morgan fingerprint density at radius 2 is 1.80 bits per heavy atom. The molecule has 0 bridgehead atoms. The molecule has 3 aromatic carbocycles. The summed E-state index contributed by atoms with van der Waals surface area (Å²) in [5.41, 5.74) is 4.02. The predicted octanol–water partition coefficient (Wildman–Crippen LogP) is 5.01. The number of benzene rings is 3. The number of hydrogen-bond acceptors (Lipinski definition) is 6. The minimum Gasteiger partial charge on any atom is -0.455 e. The lowest BCUT2D eigenvalue weighted by molar-refractivity contribution is -0.0228. The zero-order valence-corrected chi connectivity index (χ0v) is 26.4. The van der Waals surface area contributed by atoms with Crippen molar-refractivity contribution in [3.05, 3.63) is 88.9 Å². The van der Waals surface area contributed by atoms with Gasteiger partial charge >= 0.3 is 0 Å². The molecule has 234 valence electrons. The normalized spacial score (nSPS) is 15.5. The second kappa shape index (κ2) is 11.4. The Kier molecular flexibility index (Phi) is 7.66. The molecule has 12 heteroatoms. The van der Waals surface area contributed by atoms with E-state index in [-0.39, 0.29) is 31.5 Å². The Morgan fingerprint density at radius 3 is 2.47 bits per heavy atom. The number of fused-ring (bicyclic) bond motifs is 2. The zero-order valence-electron chi connectivity index (χ0n) is 25.5. The Labute approximate surface area is 260 Å². The Hall–Kier alpha value is -4.68. The largest absolute Gasteiger partial charge is 0.455 e. The third kappa shape index (κ3) is 5.33. The van der Waals surface area contributed by atoms with E-state index in [4.69, 9.17) is 9.15 Å². The topological polar surface area (TPSA) is 114 Å². The van der Waals surface area contributed by atoms with Crippen LogP contribution < -0.4 is 9.62 Å². The van der Waals surface area contributed by atoms with E-state index < -0.39 is 21.9 Å². The van der Waals surface area contributed by atoms with Crippen LogP contribution in [-0.2, 0) is 21.8 Å². The molecule has 0 unspecified atom stereocenters. The van der Waals surface area contributed by atoms with Gasteiger partial charge in [-0.25, -0.2) is 12.8 Å². The van der Waals surface area contributed by atoms with Crippen molar-refractivity contribution in [2.75, 3.05) is 44.4 Å². The van der Waals surface area contributed by atoms with Crippen LogP contribution in [0.1, 0.15) is 38.1 Å². The van der Waals surface area contributed by atoms with Gasteiger partial charge in [0.05, 0.1) is 36.2 Å². The SMILES string of the molecule is CNC(=O)c1c(-c2ccc(C)cc2)oc2cc(N(C)S(C)(=O)=O)c([C@H]3CN(C(=O)c4cc5c(F)cccc5n4C)CCO3)cc12. The molecule has 1 saturated heterocycles. The molecule has 2 aromatic heterocycles. The number of aryl methyl sites for hydroxylation is 2. The molecule has 0 radical (unpaired) electrons. The molecule has 1 aliphatic heterocycles. The van der Waals surface area contributed by atoms with E-state index >= 15 is 0 Å². The van der Waals surface area contributed by atoms with Gasteiger partial charge in [0.2, 0.25) is 10.0 Å². The second-order valence-corrected chi connectivity index (χ2v) is 13.3. The van der Waals surface area contributed by atoms with Crippen molar-refractivity contribution in [3.63, 3.8) is 0 Å². The van der Waals surface area contributed by atoms with Crippen molar-refractivity contribution < 1.29 is 31.6 Å². The second-order valence-electron chi connectivity index (χ2n) is 11.3. The fourth-order valence-electron chi connectivity index (χ4n) is 5.83. The molecule has 3 heterocycles. The molecule has 0 saturated carbocycles. The Bertz CT molecular complexity index is 2080. The number of hydrogen-bond donors (Lipinski definition) is 1. The van der Waals surface area contributed by atoms with Crippen molar-refractivity contribution in [3.8, 4) is 11.3 Å². The summed E-state index contributed by atoms with van der Waals surface area (Å²) in [6, 6.07) is 17.1. The number of nitrogens with zero attached hydrogens (tertiary/aromatic N) is 3. The molecule has 1 aliphatic rings. The number of ether oxygens (including phenoxy) is 1. The van der Waals surface area contributed by atoms with Crippen LogP contribution in [0.3, 0.4) is 0 Å². The van der Waals surface area contributed by atoms with Crippen molar-refractivity contribution in [2.45, 2.75) is 13.0 Å². The average molecular weight is 633 g/mol. The molecule has 1 atom stereocenters. The number of anilines is 1. The molecule has 6 rings (SSSR count). The van der Waals surface area contributed by atoms with Crippen molar-refractivity contribution in [1.29, 1.82) is 0 Å². The number of carbonyl (C=O) groups excluding carboxylic acids is 2. The number of aromatic nitrogens is 1. The first-order valence-corrected chi connectivity index (χ1v) is 16.2. The fraction of sp³-hybridized carbons (Fsp3) is 0.273. The van der Waals surface area contributed by atoms with E-state index in [1.807, 2.05) is 31.2 Å². The van der Waals surface area contributed by atoms with Crippen LogP contribution >= 0.6 is 0 Å². The minimum atomic E-state index is -3.73. The highest BCUT2D eigenvalue weighted by molar-refractivity contribution is 7.92. The molecule has 45 heavy (non-hydrogen) atoms. The summed E-state index contributed by atoms with van der Waals surface area (Å²) in [5, 5.41) is 3.51. The van der Waals surface area contributed by atoms with Crippen molar-refractivity contribution in [1.82, 2.24) is 14.8 Å². The summed E-state index contributed by atoms with van der Waals surface area (Å²) in [7, 11) is 0.943. The van der Waals surface area contributed by atoms with Gasteiger partial charge in [-0.15, -0.1) is 0 Å². The molecular weight excluding hydrogens is 599 g/mol. The van der Waals surface area contributed by atoms with Crippen LogP contribution in [0.15, 0.2) is 65.1 Å². The fourth-order valence-corrected chi connectivity index (χ4v) is 6.35. The smallest absolute Gasteiger partial charge is 0.270 e. The summed E-state index contributed by atoms with van der Waals surface area (Å²) < 4.78 is 55.3. The van der Waals surface area contributed by atoms with Gasteiger partial charge in [0.25, 0.3) is 11.8 Å². The third-order valence-electron chi connectivity index (χ3n) is 8.40. The van der Waals surface area contributed by atoms with Crippen LogP contribution in [0.4, 0.5) is 10.1 Å². The highest BCUT2D eigenvalue weighted by Crippen LogP contribution is 2.41. The van der Waals surface area contributed by atoms with E-state index in [9.17, 15) is 22.4 Å². The average Bonchev–Trinajstić information content (AvgIpc) is 3.57. The highest BCUT2D eigenvalue weighted by Gasteiger charge is 2.33. The maximum atomic E-state index is 14.5. The number of carbonyl (C=O) groups is 2. The predicted molar refractivity (Wildman–Crippen MR) is 170 cm³/mol. The van der Waals surface area contributed by atoms with E-state index in [2.05, 4.69) is 5.32 Å². The zero-order chi connectivity index (χ0) is 32.2. The van der Waals surface area contributed by atoms with Crippen LogP contribution in [0, 0.1) is 12.7 Å². The molecule has 0 spiro atoms. The Morgan fingerprint density at radius 1 is 1.07 bits per heavy atom. The number of furan rings is 1. The van der Waals surface area contributed by atoms with Gasteiger partial charge in [-0.1, -0.05) is 35.9 Å². The molecular formula is C33H33FN4O6S. The third-order valence-corrected chi connectivity index (χ3v) is 9.59. The molecule has 10 nitrogen and oxygen atoms in total. The lowest BCUT2D eigenvalue weighted by atomic mass is 9.98. The summed E-state index contributed by atoms with van der Waals surface area (Å²) >= 11 is 0. The van der Waals surface area contributed by atoms with E-state index in [0.29, 0.717) is 55.7 Å². The number of morpholine rings is 1. The van der Waals surface area contributed by atoms with Gasteiger partial charge in [0, 0.05) is 55.7 Å². The molecule has 5 aromatic rings. The number of amides is 2. The van der Waals surface area contributed by atoms with Crippen molar-refractivity contribution >= 4 is 49.4 Å². The summed E-state index contributed by atoms with van der Waals surface area (Å²) in [4.78, 5) is 28.7. The van der Waals surface area contributed by atoms with E-state index in [0.717, 1.165) is 16.1 Å². The Balaban J connectivity index is 1.47. The molecule has 0 aliphatic carbocycles. The number of rotatable bonds is 6.